The molecule has 1 heterocycles. The highest BCUT2D eigenvalue weighted by Crippen LogP contribution is 2.45. The Kier molecular flexibility index (Phi) is 4.05. The molecular formula is C16H29N3. The van der Waals surface area contributed by atoms with Crippen LogP contribution >= 0.6 is 0 Å². The lowest BCUT2D eigenvalue weighted by Gasteiger charge is -2.43. The average Bonchev–Trinajstić information content (AvgIpc) is 2.89. The quantitative estimate of drug-likeness (QED) is 0.900. The SMILES string of the molecule is CCn1cc(C2(N)CCC(C(C)(C)CC)CC2)cn1. The number of rotatable bonds is 4. The first-order valence-electron chi connectivity index (χ1n) is 7.73. The second-order valence-corrected chi connectivity index (χ2v) is 6.86. The highest BCUT2D eigenvalue weighted by Gasteiger charge is 2.38. The molecule has 0 aliphatic heterocycles. The number of nitrogens with zero attached hydrogens (tertiary/aromatic N) is 2. The maximum Gasteiger partial charge on any atom is 0.0540 e. The van der Waals surface area contributed by atoms with Crippen molar-refractivity contribution in [1.29, 1.82) is 0 Å². The summed E-state index contributed by atoms with van der Waals surface area (Å²) in [6.45, 7) is 10.1. The van der Waals surface area contributed by atoms with E-state index in [1.165, 1.54) is 24.8 Å². The molecule has 0 amide bonds. The first-order chi connectivity index (χ1) is 8.91. The van der Waals surface area contributed by atoms with Gasteiger partial charge in [0.15, 0.2) is 0 Å². The maximum atomic E-state index is 6.64. The van der Waals surface area contributed by atoms with Crippen LogP contribution in [0.2, 0.25) is 0 Å². The molecule has 0 radical (unpaired) electrons. The smallest absolute Gasteiger partial charge is 0.0540 e. The normalized spacial score (nSPS) is 28.6. The zero-order valence-corrected chi connectivity index (χ0v) is 12.9. The second kappa shape index (κ2) is 5.28. The fraction of sp³-hybridized carbons (Fsp3) is 0.812. The van der Waals surface area contributed by atoms with Gasteiger partial charge in [0, 0.05) is 23.8 Å². The molecule has 2 N–H and O–H groups in total. The predicted molar refractivity (Wildman–Crippen MR) is 79.8 cm³/mol. The first kappa shape index (κ1) is 14.6. The molecule has 3 nitrogen and oxygen atoms in total. The molecular weight excluding hydrogens is 234 g/mol. The van der Waals surface area contributed by atoms with E-state index in [4.69, 9.17) is 5.73 Å². The summed E-state index contributed by atoms with van der Waals surface area (Å²) in [5, 5.41) is 4.38. The number of aryl methyl sites for hydroxylation is 1. The van der Waals surface area contributed by atoms with Gasteiger partial charge in [-0.15, -0.1) is 0 Å². The minimum Gasteiger partial charge on any atom is -0.321 e. The van der Waals surface area contributed by atoms with Crippen molar-refractivity contribution in [3.05, 3.63) is 18.0 Å². The molecule has 0 aromatic carbocycles. The number of hydrogen-bond donors (Lipinski definition) is 1. The minimum absolute atomic E-state index is 0.145. The molecule has 1 saturated carbocycles. The Bertz CT molecular complexity index is 411. The van der Waals surface area contributed by atoms with E-state index < -0.39 is 0 Å². The highest BCUT2D eigenvalue weighted by molar-refractivity contribution is 5.18. The molecule has 0 atom stereocenters. The summed E-state index contributed by atoms with van der Waals surface area (Å²) in [7, 11) is 0. The summed E-state index contributed by atoms with van der Waals surface area (Å²) in [5.74, 6) is 0.815. The summed E-state index contributed by atoms with van der Waals surface area (Å²) in [5.41, 5.74) is 8.17. The monoisotopic (exact) mass is 263 g/mol. The van der Waals surface area contributed by atoms with Gasteiger partial charge in [-0.05, 0) is 43.9 Å². The lowest BCUT2D eigenvalue weighted by Crippen LogP contribution is -2.42. The standard InChI is InChI=1S/C16H29N3/c1-5-15(3,4)13-7-9-16(17,10-8-13)14-11-18-19(6-2)12-14/h11-13H,5-10,17H2,1-4H3. The molecule has 0 spiro atoms. The van der Waals surface area contributed by atoms with Crippen LogP contribution in [0.4, 0.5) is 0 Å². The van der Waals surface area contributed by atoms with Crippen LogP contribution < -0.4 is 5.73 Å². The molecule has 0 saturated heterocycles. The van der Waals surface area contributed by atoms with Gasteiger partial charge in [-0.25, -0.2) is 0 Å². The molecule has 1 aliphatic carbocycles. The highest BCUT2D eigenvalue weighted by atomic mass is 15.3. The molecule has 1 aliphatic rings. The summed E-state index contributed by atoms with van der Waals surface area (Å²) < 4.78 is 1.98. The number of hydrogen-bond acceptors (Lipinski definition) is 2. The van der Waals surface area contributed by atoms with Gasteiger partial charge in [-0.1, -0.05) is 27.2 Å². The number of nitrogens with two attached hydrogens (primary N) is 1. The van der Waals surface area contributed by atoms with Gasteiger partial charge >= 0.3 is 0 Å². The third-order valence-corrected chi connectivity index (χ3v) is 5.43. The van der Waals surface area contributed by atoms with Gasteiger partial charge in [-0.3, -0.25) is 4.68 Å². The molecule has 1 aromatic rings. The van der Waals surface area contributed by atoms with Gasteiger partial charge in [0.25, 0.3) is 0 Å². The summed E-state index contributed by atoms with van der Waals surface area (Å²) in [6, 6.07) is 0. The van der Waals surface area contributed by atoms with Crippen molar-refractivity contribution in [2.45, 2.75) is 71.9 Å². The summed E-state index contributed by atoms with van der Waals surface area (Å²) in [6.07, 6.45) is 10.0. The summed E-state index contributed by atoms with van der Waals surface area (Å²) >= 11 is 0. The van der Waals surface area contributed by atoms with Crippen molar-refractivity contribution < 1.29 is 0 Å². The Hall–Kier alpha value is -0.830. The molecule has 19 heavy (non-hydrogen) atoms. The predicted octanol–water partition coefficient (Wildman–Crippen LogP) is 3.68. The van der Waals surface area contributed by atoms with E-state index in [0.717, 1.165) is 25.3 Å². The van der Waals surface area contributed by atoms with Crippen molar-refractivity contribution in [3.8, 4) is 0 Å². The Morgan fingerprint density at radius 3 is 2.47 bits per heavy atom. The van der Waals surface area contributed by atoms with E-state index in [-0.39, 0.29) is 5.54 Å². The third kappa shape index (κ3) is 2.86. The fourth-order valence-electron chi connectivity index (χ4n) is 3.29. The minimum atomic E-state index is -0.145. The zero-order chi connectivity index (χ0) is 14.1. The van der Waals surface area contributed by atoms with Crippen molar-refractivity contribution >= 4 is 0 Å². The van der Waals surface area contributed by atoms with E-state index in [1.54, 1.807) is 0 Å². The molecule has 1 fully saturated rings. The van der Waals surface area contributed by atoms with E-state index in [1.807, 2.05) is 10.9 Å². The lowest BCUT2D eigenvalue weighted by molar-refractivity contribution is 0.115. The Morgan fingerprint density at radius 2 is 2.00 bits per heavy atom. The van der Waals surface area contributed by atoms with Crippen molar-refractivity contribution in [1.82, 2.24) is 9.78 Å². The zero-order valence-electron chi connectivity index (χ0n) is 12.9. The van der Waals surface area contributed by atoms with Crippen LogP contribution in [0.15, 0.2) is 12.4 Å². The first-order valence-corrected chi connectivity index (χ1v) is 7.73. The van der Waals surface area contributed by atoms with E-state index in [0.29, 0.717) is 5.41 Å². The van der Waals surface area contributed by atoms with Gasteiger partial charge in [-0.2, -0.15) is 5.10 Å². The summed E-state index contributed by atoms with van der Waals surface area (Å²) in [4.78, 5) is 0. The maximum absolute atomic E-state index is 6.64. The van der Waals surface area contributed by atoms with Gasteiger partial charge < -0.3 is 5.73 Å². The molecule has 0 unspecified atom stereocenters. The fourth-order valence-corrected chi connectivity index (χ4v) is 3.29. The van der Waals surface area contributed by atoms with Gasteiger partial charge in [0.05, 0.1) is 6.20 Å². The van der Waals surface area contributed by atoms with E-state index >= 15 is 0 Å². The molecule has 108 valence electrons. The van der Waals surface area contributed by atoms with Crippen molar-refractivity contribution in [2.24, 2.45) is 17.1 Å². The second-order valence-electron chi connectivity index (χ2n) is 6.86. The third-order valence-electron chi connectivity index (χ3n) is 5.43. The van der Waals surface area contributed by atoms with Crippen LogP contribution in [0.1, 0.15) is 65.4 Å². The van der Waals surface area contributed by atoms with Crippen LogP contribution in [0.3, 0.4) is 0 Å². The molecule has 1 aromatic heterocycles. The van der Waals surface area contributed by atoms with Crippen molar-refractivity contribution in [3.63, 3.8) is 0 Å². The Balaban J connectivity index is 2.05. The Labute approximate surface area is 117 Å². The van der Waals surface area contributed by atoms with E-state index in [2.05, 4.69) is 39.0 Å². The molecule has 3 heteroatoms. The molecule has 2 rings (SSSR count). The van der Waals surface area contributed by atoms with Crippen LogP contribution in [-0.4, -0.2) is 9.78 Å². The van der Waals surface area contributed by atoms with Crippen molar-refractivity contribution in [2.75, 3.05) is 0 Å². The average molecular weight is 263 g/mol. The van der Waals surface area contributed by atoms with Crippen LogP contribution in [0, 0.1) is 11.3 Å². The molecule has 0 bridgehead atoms. The van der Waals surface area contributed by atoms with Crippen LogP contribution in [-0.2, 0) is 12.1 Å². The van der Waals surface area contributed by atoms with Gasteiger partial charge in [0.1, 0.15) is 0 Å². The topological polar surface area (TPSA) is 43.8 Å². The van der Waals surface area contributed by atoms with Crippen LogP contribution in [0.25, 0.3) is 0 Å². The van der Waals surface area contributed by atoms with Gasteiger partial charge in [0.2, 0.25) is 0 Å². The Morgan fingerprint density at radius 1 is 1.37 bits per heavy atom. The largest absolute Gasteiger partial charge is 0.321 e. The van der Waals surface area contributed by atoms with E-state index in [9.17, 15) is 0 Å². The number of aromatic nitrogens is 2. The lowest BCUT2D eigenvalue weighted by atomic mass is 9.65. The van der Waals surface area contributed by atoms with Crippen LogP contribution in [0.5, 0.6) is 0 Å².